The van der Waals surface area contributed by atoms with Gasteiger partial charge in [0.15, 0.2) is 0 Å². The quantitative estimate of drug-likeness (QED) is 0.339. The van der Waals surface area contributed by atoms with Crippen LogP contribution in [0.4, 0.5) is 4.79 Å². The summed E-state index contributed by atoms with van der Waals surface area (Å²) in [7, 11) is 6.29. The fraction of sp³-hybridized carbons (Fsp3) is 0.708. The van der Waals surface area contributed by atoms with E-state index >= 15 is 0 Å². The molecule has 2 aliphatic rings. The van der Waals surface area contributed by atoms with Gasteiger partial charge >= 0.3 is 11.7 Å². The molecule has 0 unspecified atom stereocenters. The van der Waals surface area contributed by atoms with Crippen molar-refractivity contribution in [2.24, 2.45) is 10.9 Å². The molecule has 11 nitrogen and oxygen atoms in total. The second-order valence-electron chi connectivity index (χ2n) is 9.84. The van der Waals surface area contributed by atoms with Crippen LogP contribution in [0.2, 0.25) is 0 Å². The predicted molar refractivity (Wildman–Crippen MR) is 133 cm³/mol. The molecule has 1 aliphatic carbocycles. The maximum absolute atomic E-state index is 13.4. The molecule has 0 aromatic carbocycles. The van der Waals surface area contributed by atoms with E-state index in [1.807, 2.05) is 6.92 Å². The summed E-state index contributed by atoms with van der Waals surface area (Å²) in [6, 6.07) is -0.623. The number of carbonyl (C=O) groups excluding carboxylic acids is 2. The summed E-state index contributed by atoms with van der Waals surface area (Å²) >= 11 is 0. The lowest BCUT2D eigenvalue weighted by molar-refractivity contribution is -0.132. The van der Waals surface area contributed by atoms with Crippen molar-refractivity contribution >= 4 is 17.8 Å². The van der Waals surface area contributed by atoms with Crippen LogP contribution in [-0.4, -0.2) is 75.5 Å². The number of urea groups is 1. The number of rotatable bonds is 7. The second-order valence-corrected chi connectivity index (χ2v) is 9.84. The Hall–Kier alpha value is -3.11. The minimum Gasteiger partial charge on any atom is -0.494 e. The molecule has 1 aromatic rings. The Bertz CT molecular complexity index is 1130. The largest absolute Gasteiger partial charge is 0.494 e. The van der Waals surface area contributed by atoms with Crippen molar-refractivity contribution in [1.82, 2.24) is 24.3 Å². The first-order valence-electron chi connectivity index (χ1n) is 12.3. The first-order chi connectivity index (χ1) is 16.5. The van der Waals surface area contributed by atoms with Crippen LogP contribution in [0.25, 0.3) is 0 Å². The highest BCUT2D eigenvalue weighted by Gasteiger charge is 2.51. The van der Waals surface area contributed by atoms with Crippen LogP contribution in [0, 0.1) is 5.92 Å². The van der Waals surface area contributed by atoms with Gasteiger partial charge in [0.2, 0.25) is 5.88 Å². The molecule has 3 rings (SSSR count). The highest BCUT2D eigenvalue weighted by Crippen LogP contribution is 2.39. The SMILES string of the molecule is CCCCn1c(O)c(C(=NC)NC)c(=O)n(C2CCC(C[C@]3(C)C(=O)N(C)C(=O)N3C)CC2)c1=O. The van der Waals surface area contributed by atoms with E-state index in [-0.39, 0.29) is 41.2 Å². The van der Waals surface area contributed by atoms with Gasteiger partial charge in [0, 0.05) is 40.8 Å². The van der Waals surface area contributed by atoms with Gasteiger partial charge in [-0.15, -0.1) is 0 Å². The van der Waals surface area contributed by atoms with E-state index in [1.165, 1.54) is 28.1 Å². The maximum atomic E-state index is 13.4. The molecule has 35 heavy (non-hydrogen) atoms. The molecule has 1 aromatic heterocycles. The molecule has 194 valence electrons. The van der Waals surface area contributed by atoms with E-state index in [9.17, 15) is 24.3 Å². The Morgan fingerprint density at radius 1 is 1.14 bits per heavy atom. The van der Waals surface area contributed by atoms with Crippen LogP contribution in [0.3, 0.4) is 0 Å². The van der Waals surface area contributed by atoms with Crippen LogP contribution in [0.5, 0.6) is 5.88 Å². The fourth-order valence-corrected chi connectivity index (χ4v) is 5.48. The minimum atomic E-state index is -0.891. The third-order valence-corrected chi connectivity index (χ3v) is 7.73. The zero-order valence-electron chi connectivity index (χ0n) is 21.6. The van der Waals surface area contributed by atoms with E-state index in [0.29, 0.717) is 32.2 Å². The average molecular weight is 491 g/mol. The number of unbranched alkanes of at least 4 members (excludes halogenated alkanes) is 1. The molecular formula is C24H38N6O5. The summed E-state index contributed by atoms with van der Waals surface area (Å²) in [5, 5.41) is 13.7. The van der Waals surface area contributed by atoms with Crippen molar-refractivity contribution in [3.8, 4) is 5.88 Å². The van der Waals surface area contributed by atoms with Crippen LogP contribution in [-0.2, 0) is 11.3 Å². The van der Waals surface area contributed by atoms with Crippen molar-refractivity contribution < 1.29 is 14.7 Å². The number of aliphatic imine (C=N–C) groups is 1. The predicted octanol–water partition coefficient (Wildman–Crippen LogP) is 1.52. The zero-order valence-corrected chi connectivity index (χ0v) is 21.6. The first-order valence-corrected chi connectivity index (χ1v) is 12.3. The van der Waals surface area contributed by atoms with E-state index in [0.717, 1.165) is 24.2 Å². The van der Waals surface area contributed by atoms with Gasteiger partial charge in [-0.3, -0.25) is 28.6 Å². The summed E-state index contributed by atoms with van der Waals surface area (Å²) in [5.74, 6) is -0.159. The molecule has 11 heteroatoms. The molecule has 1 aliphatic heterocycles. The lowest BCUT2D eigenvalue weighted by atomic mass is 9.78. The molecule has 2 heterocycles. The Labute approximate surface area is 205 Å². The average Bonchev–Trinajstić information content (AvgIpc) is 2.98. The van der Waals surface area contributed by atoms with Crippen LogP contribution in [0.1, 0.15) is 70.4 Å². The molecule has 0 spiro atoms. The van der Waals surface area contributed by atoms with Gasteiger partial charge in [-0.1, -0.05) is 13.3 Å². The third-order valence-electron chi connectivity index (χ3n) is 7.73. The van der Waals surface area contributed by atoms with Gasteiger partial charge < -0.3 is 15.3 Å². The smallest absolute Gasteiger partial charge is 0.334 e. The monoisotopic (exact) mass is 490 g/mol. The van der Waals surface area contributed by atoms with E-state index in [1.54, 1.807) is 21.0 Å². The number of imide groups is 1. The van der Waals surface area contributed by atoms with Gasteiger partial charge in [0.1, 0.15) is 16.9 Å². The Morgan fingerprint density at radius 2 is 1.77 bits per heavy atom. The van der Waals surface area contributed by atoms with Gasteiger partial charge in [-0.05, 0) is 51.4 Å². The minimum absolute atomic E-state index is 0.0000596. The number of amides is 3. The molecule has 2 fully saturated rings. The highest BCUT2D eigenvalue weighted by atomic mass is 16.3. The van der Waals surface area contributed by atoms with Gasteiger partial charge in [-0.2, -0.15) is 0 Å². The normalized spacial score (nSPS) is 25.5. The fourth-order valence-electron chi connectivity index (χ4n) is 5.48. The van der Waals surface area contributed by atoms with Crippen molar-refractivity contribution in [1.29, 1.82) is 0 Å². The summed E-state index contributed by atoms with van der Waals surface area (Å²) in [4.78, 5) is 58.6. The van der Waals surface area contributed by atoms with Crippen molar-refractivity contribution in [3.63, 3.8) is 0 Å². The molecule has 1 saturated heterocycles. The molecule has 2 N–H and O–H groups in total. The van der Waals surface area contributed by atoms with Crippen LogP contribution < -0.4 is 16.6 Å². The van der Waals surface area contributed by atoms with E-state index in [2.05, 4.69) is 10.3 Å². The number of nitrogens with one attached hydrogen (secondary N) is 1. The number of aromatic hydroxyl groups is 1. The highest BCUT2D eigenvalue weighted by molar-refractivity contribution is 6.06. The number of aromatic nitrogens is 2. The molecule has 0 radical (unpaired) electrons. The van der Waals surface area contributed by atoms with E-state index < -0.39 is 16.8 Å². The molecule has 1 saturated carbocycles. The summed E-state index contributed by atoms with van der Waals surface area (Å²) < 4.78 is 2.54. The van der Waals surface area contributed by atoms with Gasteiger partial charge in [-0.25, -0.2) is 9.59 Å². The van der Waals surface area contributed by atoms with Crippen molar-refractivity contribution in [2.75, 3.05) is 28.2 Å². The molecular weight excluding hydrogens is 452 g/mol. The van der Waals surface area contributed by atoms with Gasteiger partial charge in [0.05, 0.1) is 0 Å². The number of hydrogen-bond donors (Lipinski definition) is 2. The number of nitrogens with zero attached hydrogens (tertiary/aromatic N) is 5. The second kappa shape index (κ2) is 10.2. The first kappa shape index (κ1) is 26.5. The Balaban J connectivity index is 1.90. The summed E-state index contributed by atoms with van der Waals surface area (Å²) in [6.45, 7) is 4.10. The zero-order chi connectivity index (χ0) is 26.1. The van der Waals surface area contributed by atoms with E-state index in [4.69, 9.17) is 0 Å². The summed E-state index contributed by atoms with van der Waals surface area (Å²) in [5.41, 5.74) is -1.95. The number of hydrogen-bond acceptors (Lipinski definition) is 6. The topological polar surface area (TPSA) is 129 Å². The molecule has 0 bridgehead atoms. The van der Waals surface area contributed by atoms with Crippen LogP contribution in [0.15, 0.2) is 14.6 Å². The van der Waals surface area contributed by atoms with Crippen LogP contribution >= 0.6 is 0 Å². The number of likely N-dealkylation sites (N-methyl/N-ethyl adjacent to an activating group) is 2. The third kappa shape index (κ3) is 4.48. The molecule has 1 atom stereocenters. The lowest BCUT2D eigenvalue weighted by Crippen LogP contribution is -2.48. The van der Waals surface area contributed by atoms with Gasteiger partial charge in [0.25, 0.3) is 11.5 Å². The van der Waals surface area contributed by atoms with Crippen molar-refractivity contribution in [2.45, 2.75) is 76.9 Å². The lowest BCUT2D eigenvalue weighted by Gasteiger charge is -2.36. The number of amidine groups is 1. The maximum Gasteiger partial charge on any atom is 0.334 e. The molecule has 3 amide bonds. The summed E-state index contributed by atoms with van der Waals surface area (Å²) in [6.07, 6.45) is 4.67. The Kier molecular flexibility index (Phi) is 7.76. The standard InChI is InChI=1S/C24H38N6O5/c1-7-8-13-29-19(31)17(18(25-3)26-4)20(32)30(23(29)35)16-11-9-15(10-12-16)14-24(2)21(33)27(5)22(34)28(24)6/h15-16,31H,7-14H2,1-6H3,(H,25,26)/t15?,16?,24-/m1/s1. The number of carbonyl (C=O) groups is 2. The Morgan fingerprint density at radius 3 is 2.26 bits per heavy atom. The van der Waals surface area contributed by atoms with Crippen molar-refractivity contribution in [3.05, 3.63) is 26.4 Å².